The van der Waals surface area contributed by atoms with Crippen LogP contribution in [-0.2, 0) is 29.2 Å². The molecule has 5 rings (SSSR count). The number of rotatable bonds is 11. The molecule has 2 aromatic carbocycles. The predicted molar refractivity (Wildman–Crippen MR) is 147 cm³/mol. The summed E-state index contributed by atoms with van der Waals surface area (Å²) in [5.74, 6) is -0.287. The first-order chi connectivity index (χ1) is 18.5. The molecule has 8 heteroatoms. The van der Waals surface area contributed by atoms with Gasteiger partial charge in [0.25, 0.3) is 0 Å². The van der Waals surface area contributed by atoms with E-state index in [1.165, 1.54) is 15.8 Å². The number of amides is 2. The van der Waals surface area contributed by atoms with Crippen molar-refractivity contribution in [3.63, 3.8) is 0 Å². The lowest BCUT2D eigenvalue weighted by atomic mass is 9.92. The van der Waals surface area contributed by atoms with Crippen molar-refractivity contribution < 1.29 is 19.4 Å². The molecular weight excluding hydrogens is 480 g/mol. The maximum absolute atomic E-state index is 14.0. The van der Waals surface area contributed by atoms with Crippen LogP contribution < -0.4 is 5.32 Å². The molecule has 1 aromatic heterocycles. The van der Waals surface area contributed by atoms with Crippen LogP contribution in [0.15, 0.2) is 60.8 Å². The Hall–Kier alpha value is -3.36. The standard InChI is InChI=1S/C30H38N4O4/c1-38-15-7-14-32-19-24(27-10-5-6-11-28(27)32)20-34(26-12-13-26)29(35)23-16-25(21-33(18-23)30(36)37)31-17-22-8-3-2-4-9-22/h2-6,8-11,19,23,25-26,31H,7,12-18,20-21H2,1H3,(H,36,37)/t23-,25+/m1/s1. The molecule has 2 fully saturated rings. The quantitative estimate of drug-likeness (QED) is 0.369. The van der Waals surface area contributed by atoms with Crippen molar-refractivity contribution >= 4 is 22.9 Å². The number of carbonyl (C=O) groups excluding carboxylic acids is 1. The zero-order valence-electron chi connectivity index (χ0n) is 22.1. The Bertz CT molecular complexity index is 1240. The molecular formula is C30H38N4O4. The first-order valence-corrected chi connectivity index (χ1v) is 13.6. The van der Waals surface area contributed by atoms with Crippen LogP contribution in [0.5, 0.6) is 0 Å². The Balaban J connectivity index is 1.32. The number of para-hydroxylation sites is 1. The SMILES string of the molecule is COCCCn1cc(CN(C(=O)[C@@H]2C[C@H](NCc3ccccc3)CN(C(=O)O)C2)C2CC2)c2ccccc21. The topological polar surface area (TPSA) is 87.0 Å². The smallest absolute Gasteiger partial charge is 0.407 e. The fourth-order valence-corrected chi connectivity index (χ4v) is 5.64. The highest BCUT2D eigenvalue weighted by molar-refractivity contribution is 5.85. The molecule has 2 aliphatic rings. The lowest BCUT2D eigenvalue weighted by Crippen LogP contribution is -2.54. The number of carboxylic acid groups (broad SMARTS) is 1. The monoisotopic (exact) mass is 518 g/mol. The molecule has 8 nitrogen and oxygen atoms in total. The number of carbonyl (C=O) groups is 2. The summed E-state index contributed by atoms with van der Waals surface area (Å²) in [6.45, 7) is 3.40. The number of hydrogen-bond donors (Lipinski definition) is 2. The number of methoxy groups -OCH3 is 1. The molecule has 1 aliphatic carbocycles. The third-order valence-corrected chi connectivity index (χ3v) is 7.74. The highest BCUT2D eigenvalue weighted by Crippen LogP contribution is 2.33. The van der Waals surface area contributed by atoms with Gasteiger partial charge in [-0.1, -0.05) is 48.5 Å². The summed E-state index contributed by atoms with van der Waals surface area (Å²) < 4.78 is 7.50. The summed E-state index contributed by atoms with van der Waals surface area (Å²) >= 11 is 0. The van der Waals surface area contributed by atoms with E-state index in [1.807, 2.05) is 47.4 Å². The lowest BCUT2D eigenvalue weighted by molar-refractivity contribution is -0.138. The highest BCUT2D eigenvalue weighted by Gasteiger charge is 2.40. The van der Waals surface area contributed by atoms with Crippen molar-refractivity contribution in [3.8, 4) is 0 Å². The molecule has 0 bridgehead atoms. The van der Waals surface area contributed by atoms with Gasteiger partial charge in [0.2, 0.25) is 5.91 Å². The molecule has 2 heterocycles. The molecule has 0 radical (unpaired) electrons. The second-order valence-corrected chi connectivity index (χ2v) is 10.6. The summed E-state index contributed by atoms with van der Waals surface area (Å²) in [4.78, 5) is 29.4. The van der Waals surface area contributed by atoms with Gasteiger partial charge in [-0.15, -0.1) is 0 Å². The Kier molecular flexibility index (Phi) is 8.29. The minimum Gasteiger partial charge on any atom is -0.465 e. The van der Waals surface area contributed by atoms with Gasteiger partial charge in [-0.3, -0.25) is 4.79 Å². The van der Waals surface area contributed by atoms with E-state index in [4.69, 9.17) is 4.74 Å². The van der Waals surface area contributed by atoms with E-state index < -0.39 is 6.09 Å². The average molecular weight is 519 g/mol. The van der Waals surface area contributed by atoms with Crippen LogP contribution in [0.1, 0.15) is 36.8 Å². The largest absolute Gasteiger partial charge is 0.465 e. The Morgan fingerprint density at radius 1 is 1.08 bits per heavy atom. The van der Waals surface area contributed by atoms with Crippen LogP contribution in [0, 0.1) is 5.92 Å². The first-order valence-electron chi connectivity index (χ1n) is 13.6. The number of ether oxygens (including phenoxy) is 1. The van der Waals surface area contributed by atoms with Crippen LogP contribution in [0.4, 0.5) is 4.79 Å². The van der Waals surface area contributed by atoms with Crippen LogP contribution in [0.25, 0.3) is 10.9 Å². The number of aromatic nitrogens is 1. The molecule has 2 amide bonds. The van der Waals surface area contributed by atoms with Crippen LogP contribution in [-0.4, -0.2) is 70.4 Å². The van der Waals surface area contributed by atoms with Gasteiger partial charge >= 0.3 is 6.09 Å². The zero-order valence-corrected chi connectivity index (χ0v) is 22.1. The minimum absolute atomic E-state index is 0.0705. The maximum atomic E-state index is 14.0. The summed E-state index contributed by atoms with van der Waals surface area (Å²) in [6.07, 6.45) is 4.78. The molecule has 0 unspecified atom stereocenters. The number of nitrogens with one attached hydrogen (secondary N) is 1. The Labute approximate surface area is 224 Å². The van der Waals surface area contributed by atoms with E-state index >= 15 is 0 Å². The number of fused-ring (bicyclic) bond motifs is 1. The predicted octanol–water partition coefficient (Wildman–Crippen LogP) is 4.33. The van der Waals surface area contributed by atoms with E-state index in [9.17, 15) is 14.7 Å². The molecule has 2 N–H and O–H groups in total. The number of aryl methyl sites for hydroxylation is 1. The van der Waals surface area contributed by atoms with Gasteiger partial charge < -0.3 is 29.5 Å². The van der Waals surface area contributed by atoms with Crippen molar-refractivity contribution in [2.45, 2.75) is 57.4 Å². The third kappa shape index (κ3) is 6.19. The van der Waals surface area contributed by atoms with E-state index in [1.54, 1.807) is 7.11 Å². The summed E-state index contributed by atoms with van der Waals surface area (Å²) in [5, 5.41) is 14.5. The highest BCUT2D eigenvalue weighted by atomic mass is 16.5. The lowest BCUT2D eigenvalue weighted by Gasteiger charge is -2.38. The van der Waals surface area contributed by atoms with E-state index in [0.29, 0.717) is 32.7 Å². The first kappa shape index (κ1) is 26.3. The minimum atomic E-state index is -0.967. The molecule has 2 atom stereocenters. The van der Waals surface area contributed by atoms with Crippen molar-refractivity contribution in [1.29, 1.82) is 0 Å². The van der Waals surface area contributed by atoms with Gasteiger partial charge in [-0.05, 0) is 42.9 Å². The normalized spacial score (nSPS) is 19.6. The van der Waals surface area contributed by atoms with Crippen LogP contribution in [0.3, 0.4) is 0 Å². The molecule has 3 aromatic rings. The summed E-state index contributed by atoms with van der Waals surface area (Å²) in [7, 11) is 1.72. The van der Waals surface area contributed by atoms with Gasteiger partial charge in [0.15, 0.2) is 0 Å². The third-order valence-electron chi connectivity index (χ3n) is 7.74. The fourth-order valence-electron chi connectivity index (χ4n) is 5.64. The Morgan fingerprint density at radius 3 is 2.58 bits per heavy atom. The molecule has 38 heavy (non-hydrogen) atoms. The number of piperidine rings is 1. The van der Waals surface area contributed by atoms with Gasteiger partial charge in [-0.25, -0.2) is 4.79 Å². The van der Waals surface area contributed by atoms with Gasteiger partial charge in [0.05, 0.1) is 5.92 Å². The number of nitrogens with zero attached hydrogens (tertiary/aromatic N) is 3. The van der Waals surface area contributed by atoms with Crippen LogP contribution >= 0.6 is 0 Å². The van der Waals surface area contributed by atoms with Gasteiger partial charge in [0.1, 0.15) is 0 Å². The second-order valence-electron chi connectivity index (χ2n) is 10.6. The molecule has 1 saturated carbocycles. The summed E-state index contributed by atoms with van der Waals surface area (Å²) in [6, 6.07) is 18.6. The van der Waals surface area contributed by atoms with Crippen molar-refractivity contribution in [1.82, 2.24) is 19.7 Å². The van der Waals surface area contributed by atoms with E-state index in [-0.39, 0.29) is 30.5 Å². The van der Waals surface area contributed by atoms with Crippen LogP contribution in [0.2, 0.25) is 0 Å². The molecule has 1 saturated heterocycles. The fraction of sp³-hybridized carbons (Fsp3) is 0.467. The Morgan fingerprint density at radius 2 is 1.84 bits per heavy atom. The van der Waals surface area contributed by atoms with E-state index in [2.05, 4.69) is 28.2 Å². The number of likely N-dealkylation sites (tertiary alicyclic amines) is 1. The van der Waals surface area contributed by atoms with Gasteiger partial charge in [0, 0.05) is 75.6 Å². The number of benzene rings is 2. The summed E-state index contributed by atoms with van der Waals surface area (Å²) in [5.41, 5.74) is 3.45. The van der Waals surface area contributed by atoms with Crippen molar-refractivity contribution in [2.75, 3.05) is 26.8 Å². The van der Waals surface area contributed by atoms with Crippen molar-refractivity contribution in [2.24, 2.45) is 5.92 Å². The second kappa shape index (κ2) is 12.0. The van der Waals surface area contributed by atoms with Gasteiger partial charge in [-0.2, -0.15) is 0 Å². The molecule has 0 spiro atoms. The van der Waals surface area contributed by atoms with E-state index in [0.717, 1.165) is 36.9 Å². The zero-order chi connectivity index (χ0) is 26.5. The average Bonchev–Trinajstić information content (AvgIpc) is 3.73. The maximum Gasteiger partial charge on any atom is 0.407 e. The van der Waals surface area contributed by atoms with Crippen molar-refractivity contribution in [3.05, 3.63) is 71.9 Å². The number of hydrogen-bond acceptors (Lipinski definition) is 4. The molecule has 202 valence electrons. The molecule has 1 aliphatic heterocycles.